The van der Waals surface area contributed by atoms with Gasteiger partial charge in [-0.05, 0) is 38.1 Å². The van der Waals surface area contributed by atoms with E-state index in [0.717, 1.165) is 11.1 Å². The van der Waals surface area contributed by atoms with Crippen molar-refractivity contribution in [3.05, 3.63) is 81.3 Å². The average molecular weight is 432 g/mol. The molecule has 4 rings (SSSR count). The summed E-state index contributed by atoms with van der Waals surface area (Å²) in [6.45, 7) is 3.77. The van der Waals surface area contributed by atoms with Gasteiger partial charge < -0.3 is 13.9 Å². The van der Waals surface area contributed by atoms with Crippen LogP contribution in [-0.2, 0) is 9.47 Å². The third-order valence-electron chi connectivity index (χ3n) is 5.12. The Morgan fingerprint density at radius 3 is 2.25 bits per heavy atom. The predicted octanol–water partition coefficient (Wildman–Crippen LogP) is 3.84. The zero-order chi connectivity index (χ0) is 23.0. The molecule has 0 amide bonds. The molecule has 32 heavy (non-hydrogen) atoms. The molecule has 0 aliphatic carbocycles. The van der Waals surface area contributed by atoms with Crippen molar-refractivity contribution in [1.29, 1.82) is 0 Å². The van der Waals surface area contributed by atoms with E-state index in [9.17, 15) is 14.4 Å². The second kappa shape index (κ2) is 8.14. The first-order valence-corrected chi connectivity index (χ1v) is 9.75. The van der Waals surface area contributed by atoms with Gasteiger partial charge in [0.25, 0.3) is 0 Å². The van der Waals surface area contributed by atoms with Gasteiger partial charge in [0, 0.05) is 0 Å². The molecule has 0 bridgehead atoms. The van der Waals surface area contributed by atoms with Crippen LogP contribution < -0.4 is 5.43 Å². The Morgan fingerprint density at radius 1 is 0.938 bits per heavy atom. The summed E-state index contributed by atoms with van der Waals surface area (Å²) in [5.74, 6) is -1.63. The molecular formula is C24H20N2O6. The van der Waals surface area contributed by atoms with Gasteiger partial charge in [-0.1, -0.05) is 29.3 Å². The van der Waals surface area contributed by atoms with Crippen LogP contribution in [0.15, 0.2) is 57.9 Å². The Morgan fingerprint density at radius 2 is 1.59 bits per heavy atom. The third kappa shape index (κ3) is 3.45. The Kier molecular flexibility index (Phi) is 5.36. The van der Waals surface area contributed by atoms with Crippen LogP contribution in [0.5, 0.6) is 0 Å². The van der Waals surface area contributed by atoms with E-state index >= 15 is 0 Å². The highest BCUT2D eigenvalue weighted by Crippen LogP contribution is 2.29. The molecule has 0 fully saturated rings. The number of rotatable bonds is 4. The standard InChI is InChI=1S/C24H20N2O6/c1-13-5-8-15(9-6-13)26-21(24(29)31-4)19(23(28)30-3)20(25-26)17-12-32-18-10-7-14(2)11-16(18)22(17)27/h5-12H,1-4H3. The highest BCUT2D eigenvalue weighted by Gasteiger charge is 2.32. The second-order valence-corrected chi connectivity index (χ2v) is 7.28. The summed E-state index contributed by atoms with van der Waals surface area (Å²) in [5, 5.41) is 4.80. The zero-order valence-electron chi connectivity index (χ0n) is 18.0. The normalized spacial score (nSPS) is 10.9. The number of aromatic nitrogens is 2. The molecule has 0 spiro atoms. The molecule has 162 valence electrons. The van der Waals surface area contributed by atoms with Gasteiger partial charge in [0.1, 0.15) is 23.1 Å². The molecule has 8 heteroatoms. The number of nitrogens with zero attached hydrogens (tertiary/aromatic N) is 2. The smallest absolute Gasteiger partial charge is 0.357 e. The van der Waals surface area contributed by atoms with Crippen LogP contribution in [0.1, 0.15) is 32.0 Å². The van der Waals surface area contributed by atoms with Gasteiger partial charge in [0.15, 0.2) is 5.69 Å². The van der Waals surface area contributed by atoms with Crippen LogP contribution in [0, 0.1) is 13.8 Å². The predicted molar refractivity (Wildman–Crippen MR) is 117 cm³/mol. The number of carbonyl (C=O) groups is 2. The van der Waals surface area contributed by atoms with E-state index in [1.165, 1.54) is 25.2 Å². The van der Waals surface area contributed by atoms with Crippen molar-refractivity contribution in [2.45, 2.75) is 13.8 Å². The first kappa shape index (κ1) is 21.0. The van der Waals surface area contributed by atoms with Gasteiger partial charge in [-0.3, -0.25) is 4.79 Å². The third-order valence-corrected chi connectivity index (χ3v) is 5.12. The van der Waals surface area contributed by atoms with Gasteiger partial charge in [-0.15, -0.1) is 0 Å². The number of hydrogen-bond acceptors (Lipinski definition) is 7. The minimum absolute atomic E-state index is 0.0273. The van der Waals surface area contributed by atoms with Crippen LogP contribution in [0.3, 0.4) is 0 Å². The lowest BCUT2D eigenvalue weighted by atomic mass is 10.0. The maximum absolute atomic E-state index is 13.3. The molecular weight excluding hydrogens is 412 g/mol. The molecule has 0 saturated heterocycles. The van der Waals surface area contributed by atoms with Crippen molar-refractivity contribution < 1.29 is 23.5 Å². The first-order valence-electron chi connectivity index (χ1n) is 9.75. The molecule has 0 aliphatic heterocycles. The summed E-state index contributed by atoms with van der Waals surface area (Å²) in [7, 11) is 2.38. The molecule has 2 aromatic carbocycles. The maximum atomic E-state index is 13.3. The first-order chi connectivity index (χ1) is 15.3. The number of benzene rings is 2. The molecule has 0 radical (unpaired) electrons. The van der Waals surface area contributed by atoms with E-state index in [2.05, 4.69) is 5.10 Å². The highest BCUT2D eigenvalue weighted by molar-refractivity contribution is 6.07. The quantitative estimate of drug-likeness (QED) is 0.452. The number of esters is 2. The van der Waals surface area contributed by atoms with Gasteiger partial charge in [-0.2, -0.15) is 5.10 Å². The molecule has 0 saturated carbocycles. The Labute approximate surface area is 183 Å². The number of ether oxygens (including phenoxy) is 2. The zero-order valence-corrected chi connectivity index (χ0v) is 18.0. The lowest BCUT2D eigenvalue weighted by Gasteiger charge is -2.07. The van der Waals surface area contributed by atoms with E-state index in [1.807, 2.05) is 32.0 Å². The SMILES string of the molecule is COC(=O)c1c(-c2coc3ccc(C)cc3c2=O)nn(-c2ccc(C)cc2)c1C(=O)OC. The van der Waals surface area contributed by atoms with Crippen LogP contribution in [-0.4, -0.2) is 35.9 Å². The fraction of sp³-hybridized carbons (Fsp3) is 0.167. The van der Waals surface area contributed by atoms with E-state index in [-0.39, 0.29) is 27.9 Å². The minimum Gasteiger partial charge on any atom is -0.465 e. The van der Waals surface area contributed by atoms with Crippen LogP contribution in [0.25, 0.3) is 27.9 Å². The summed E-state index contributed by atoms with van der Waals surface area (Å²) in [4.78, 5) is 38.8. The van der Waals surface area contributed by atoms with Crippen molar-refractivity contribution in [1.82, 2.24) is 9.78 Å². The van der Waals surface area contributed by atoms with E-state index in [0.29, 0.717) is 16.7 Å². The van der Waals surface area contributed by atoms with Crippen LogP contribution >= 0.6 is 0 Å². The van der Waals surface area contributed by atoms with Crippen molar-refractivity contribution in [2.24, 2.45) is 0 Å². The van der Waals surface area contributed by atoms with Gasteiger partial charge in [0.2, 0.25) is 5.43 Å². The summed E-state index contributed by atoms with van der Waals surface area (Å²) in [6.07, 6.45) is 1.23. The summed E-state index contributed by atoms with van der Waals surface area (Å²) < 4.78 is 16.7. The molecule has 8 nitrogen and oxygen atoms in total. The molecule has 4 aromatic rings. The minimum atomic E-state index is -0.831. The topological polar surface area (TPSA) is 101 Å². The average Bonchev–Trinajstić information content (AvgIpc) is 3.19. The van der Waals surface area contributed by atoms with Crippen molar-refractivity contribution in [3.63, 3.8) is 0 Å². The fourth-order valence-electron chi connectivity index (χ4n) is 3.47. The van der Waals surface area contributed by atoms with Gasteiger partial charge in [-0.25, -0.2) is 14.3 Å². The van der Waals surface area contributed by atoms with Crippen LogP contribution in [0.4, 0.5) is 0 Å². The highest BCUT2D eigenvalue weighted by atomic mass is 16.5. The fourth-order valence-corrected chi connectivity index (χ4v) is 3.47. The summed E-state index contributed by atoms with van der Waals surface area (Å²) in [5.41, 5.74) is 2.05. The lowest BCUT2D eigenvalue weighted by Crippen LogP contribution is -2.16. The van der Waals surface area contributed by atoms with Crippen LogP contribution in [0.2, 0.25) is 0 Å². The van der Waals surface area contributed by atoms with Crippen molar-refractivity contribution in [3.8, 4) is 16.9 Å². The lowest BCUT2D eigenvalue weighted by molar-refractivity contribution is 0.0549. The van der Waals surface area contributed by atoms with E-state index < -0.39 is 11.9 Å². The second-order valence-electron chi connectivity index (χ2n) is 7.28. The largest absolute Gasteiger partial charge is 0.465 e. The van der Waals surface area contributed by atoms with Gasteiger partial charge in [0.05, 0.1) is 30.9 Å². The number of carbonyl (C=O) groups excluding carboxylic acids is 2. The Bertz CT molecular complexity index is 1410. The number of aryl methyl sites for hydroxylation is 2. The molecule has 2 heterocycles. The Balaban J connectivity index is 2.08. The summed E-state index contributed by atoms with van der Waals surface area (Å²) >= 11 is 0. The molecule has 0 unspecified atom stereocenters. The van der Waals surface area contributed by atoms with Crippen molar-refractivity contribution in [2.75, 3.05) is 14.2 Å². The number of hydrogen-bond donors (Lipinski definition) is 0. The molecule has 0 N–H and O–H groups in total. The van der Waals surface area contributed by atoms with Crippen molar-refractivity contribution >= 4 is 22.9 Å². The van der Waals surface area contributed by atoms with E-state index in [4.69, 9.17) is 13.9 Å². The number of fused-ring (bicyclic) bond motifs is 1. The molecule has 0 atom stereocenters. The monoisotopic (exact) mass is 432 g/mol. The molecule has 2 aromatic heterocycles. The summed E-state index contributed by atoms with van der Waals surface area (Å²) in [6, 6.07) is 12.4. The van der Waals surface area contributed by atoms with E-state index in [1.54, 1.807) is 24.3 Å². The van der Waals surface area contributed by atoms with Gasteiger partial charge >= 0.3 is 11.9 Å². The molecule has 0 aliphatic rings. The Hall–Kier alpha value is -4.20. The number of methoxy groups -OCH3 is 2. The maximum Gasteiger partial charge on any atom is 0.357 e.